The highest BCUT2D eigenvalue weighted by molar-refractivity contribution is 7.89. The summed E-state index contributed by atoms with van der Waals surface area (Å²) in [5.74, 6) is -0.0105. The number of benzene rings is 1. The van der Waals surface area contributed by atoms with E-state index in [4.69, 9.17) is 5.14 Å². The van der Waals surface area contributed by atoms with Crippen LogP contribution in [0.3, 0.4) is 0 Å². The lowest BCUT2D eigenvalue weighted by molar-refractivity contribution is -0.118. The van der Waals surface area contributed by atoms with E-state index in [9.17, 15) is 13.2 Å². The number of nitrogens with zero attached hydrogens (tertiary/aromatic N) is 1. The first-order valence-corrected chi connectivity index (χ1v) is 8.90. The second-order valence-electron chi connectivity index (χ2n) is 6.22. The third kappa shape index (κ3) is 3.66. The Bertz CT molecular complexity index is 683. The van der Waals surface area contributed by atoms with Crippen molar-refractivity contribution >= 4 is 21.6 Å². The number of rotatable bonds is 5. The molecule has 0 atom stereocenters. The van der Waals surface area contributed by atoms with Gasteiger partial charge in [0.2, 0.25) is 15.9 Å². The van der Waals surface area contributed by atoms with Gasteiger partial charge in [0.15, 0.2) is 0 Å². The van der Waals surface area contributed by atoms with E-state index in [0.717, 1.165) is 17.7 Å². The molecule has 1 amide bonds. The summed E-state index contributed by atoms with van der Waals surface area (Å²) in [5.41, 5.74) is 1.53. The first-order valence-electron chi connectivity index (χ1n) is 7.35. The van der Waals surface area contributed by atoms with E-state index < -0.39 is 10.0 Å². The predicted molar refractivity (Wildman–Crippen MR) is 86.2 cm³/mol. The summed E-state index contributed by atoms with van der Waals surface area (Å²) in [6.07, 6.45) is 1.57. The Kier molecular flexibility index (Phi) is 4.60. The largest absolute Gasteiger partial charge is 0.311 e. The van der Waals surface area contributed by atoms with Gasteiger partial charge in [-0.15, -0.1) is 0 Å². The molecule has 1 aliphatic heterocycles. The van der Waals surface area contributed by atoms with Crippen LogP contribution in [0.15, 0.2) is 23.1 Å². The molecule has 1 heterocycles. The number of sulfonamides is 1. The Morgan fingerprint density at radius 1 is 1.41 bits per heavy atom. The summed E-state index contributed by atoms with van der Waals surface area (Å²) in [6, 6.07) is 4.66. The second-order valence-corrected chi connectivity index (χ2v) is 7.78. The van der Waals surface area contributed by atoms with Crippen molar-refractivity contribution in [1.29, 1.82) is 0 Å². The molecule has 0 fully saturated rings. The van der Waals surface area contributed by atoms with E-state index in [-0.39, 0.29) is 22.9 Å². The maximum atomic E-state index is 12.4. The third-order valence-electron chi connectivity index (χ3n) is 4.18. The standard InChI is InChI=1S/C15H23N3O3S/c1-4-15(2,3)17-10-14(19)18-8-7-11-9-12(22(16,20)21)5-6-13(11)18/h5-6,9,17H,4,7-8,10H2,1-3H3,(H2,16,20,21). The smallest absolute Gasteiger partial charge is 0.240 e. The van der Waals surface area contributed by atoms with E-state index in [1.807, 2.05) is 0 Å². The molecule has 1 aliphatic rings. The van der Waals surface area contributed by atoms with Gasteiger partial charge in [0.05, 0.1) is 11.4 Å². The molecule has 0 aromatic heterocycles. The van der Waals surface area contributed by atoms with Crippen molar-refractivity contribution in [3.8, 4) is 0 Å². The van der Waals surface area contributed by atoms with Crippen molar-refractivity contribution in [1.82, 2.24) is 5.32 Å². The Hall–Kier alpha value is -1.44. The molecule has 1 aromatic rings. The molecular weight excluding hydrogens is 302 g/mol. The van der Waals surface area contributed by atoms with Gasteiger partial charge in [-0.2, -0.15) is 0 Å². The molecule has 0 bridgehead atoms. The molecule has 0 radical (unpaired) electrons. The fourth-order valence-corrected chi connectivity index (χ4v) is 2.91. The fourth-order valence-electron chi connectivity index (χ4n) is 2.35. The van der Waals surface area contributed by atoms with Gasteiger partial charge in [-0.1, -0.05) is 6.92 Å². The number of fused-ring (bicyclic) bond motifs is 1. The lowest BCUT2D eigenvalue weighted by atomic mass is 10.0. The number of primary sulfonamides is 1. The minimum atomic E-state index is -3.71. The van der Waals surface area contributed by atoms with Gasteiger partial charge in [0.25, 0.3) is 0 Å². The Balaban J connectivity index is 2.14. The van der Waals surface area contributed by atoms with E-state index in [2.05, 4.69) is 26.1 Å². The van der Waals surface area contributed by atoms with Crippen molar-refractivity contribution in [2.24, 2.45) is 5.14 Å². The average molecular weight is 325 g/mol. The quantitative estimate of drug-likeness (QED) is 0.845. The van der Waals surface area contributed by atoms with Crippen LogP contribution in [-0.2, 0) is 21.2 Å². The van der Waals surface area contributed by atoms with Crippen LogP contribution in [0.25, 0.3) is 0 Å². The second kappa shape index (κ2) is 5.98. The van der Waals surface area contributed by atoms with Crippen molar-refractivity contribution in [2.45, 2.75) is 44.0 Å². The Morgan fingerprint density at radius 3 is 2.68 bits per heavy atom. The normalized spacial score (nSPS) is 15.0. The highest BCUT2D eigenvalue weighted by Gasteiger charge is 2.27. The molecule has 0 saturated heterocycles. The van der Waals surface area contributed by atoms with Crippen molar-refractivity contribution in [3.05, 3.63) is 23.8 Å². The SMILES string of the molecule is CCC(C)(C)NCC(=O)N1CCc2cc(S(N)(=O)=O)ccc21. The number of hydrogen-bond acceptors (Lipinski definition) is 4. The third-order valence-corrected chi connectivity index (χ3v) is 5.09. The van der Waals surface area contributed by atoms with E-state index in [0.29, 0.717) is 13.0 Å². The summed E-state index contributed by atoms with van der Waals surface area (Å²) in [5, 5.41) is 8.38. The van der Waals surface area contributed by atoms with Crippen LogP contribution in [0.1, 0.15) is 32.8 Å². The number of carbonyl (C=O) groups is 1. The van der Waals surface area contributed by atoms with Crippen LogP contribution in [0.4, 0.5) is 5.69 Å². The van der Waals surface area contributed by atoms with Gasteiger partial charge in [0.1, 0.15) is 0 Å². The van der Waals surface area contributed by atoms with Crippen LogP contribution in [0.5, 0.6) is 0 Å². The number of amides is 1. The predicted octanol–water partition coefficient (Wildman–Crippen LogP) is 1.00. The van der Waals surface area contributed by atoms with Gasteiger partial charge in [-0.05, 0) is 50.5 Å². The summed E-state index contributed by atoms with van der Waals surface area (Å²) in [4.78, 5) is 14.2. The van der Waals surface area contributed by atoms with Crippen LogP contribution in [0.2, 0.25) is 0 Å². The minimum Gasteiger partial charge on any atom is -0.311 e. The zero-order valence-corrected chi connectivity index (χ0v) is 14.0. The van der Waals surface area contributed by atoms with Gasteiger partial charge < -0.3 is 10.2 Å². The maximum Gasteiger partial charge on any atom is 0.240 e. The number of anilines is 1. The molecule has 22 heavy (non-hydrogen) atoms. The number of hydrogen-bond donors (Lipinski definition) is 2. The highest BCUT2D eigenvalue weighted by Crippen LogP contribution is 2.29. The topological polar surface area (TPSA) is 92.5 Å². The molecule has 6 nitrogen and oxygen atoms in total. The zero-order chi connectivity index (χ0) is 16.5. The Labute approximate surface area is 131 Å². The summed E-state index contributed by atoms with van der Waals surface area (Å²) < 4.78 is 22.8. The van der Waals surface area contributed by atoms with Gasteiger partial charge in [0, 0.05) is 17.8 Å². The number of nitrogens with two attached hydrogens (primary N) is 1. The molecule has 7 heteroatoms. The zero-order valence-electron chi connectivity index (χ0n) is 13.2. The lowest BCUT2D eigenvalue weighted by Gasteiger charge is -2.26. The van der Waals surface area contributed by atoms with Gasteiger partial charge in [-0.3, -0.25) is 4.79 Å². The van der Waals surface area contributed by atoms with Crippen LogP contribution in [-0.4, -0.2) is 33.0 Å². The Morgan fingerprint density at radius 2 is 2.09 bits per heavy atom. The average Bonchev–Trinajstić information content (AvgIpc) is 2.87. The van der Waals surface area contributed by atoms with Crippen LogP contribution < -0.4 is 15.4 Å². The molecule has 0 saturated carbocycles. The van der Waals surface area contributed by atoms with Crippen LogP contribution in [0, 0.1) is 0 Å². The minimum absolute atomic E-state index is 0.0105. The molecule has 0 unspecified atom stereocenters. The van der Waals surface area contributed by atoms with Crippen molar-refractivity contribution in [3.63, 3.8) is 0 Å². The molecule has 1 aromatic carbocycles. The van der Waals surface area contributed by atoms with Gasteiger partial charge in [-0.25, -0.2) is 13.6 Å². The lowest BCUT2D eigenvalue weighted by Crippen LogP contribution is -2.46. The van der Waals surface area contributed by atoms with E-state index in [1.54, 1.807) is 17.0 Å². The first-order chi connectivity index (χ1) is 10.1. The van der Waals surface area contributed by atoms with Crippen LogP contribution >= 0.6 is 0 Å². The number of nitrogens with one attached hydrogen (secondary N) is 1. The van der Waals surface area contributed by atoms with Crippen molar-refractivity contribution < 1.29 is 13.2 Å². The maximum absolute atomic E-state index is 12.4. The highest BCUT2D eigenvalue weighted by atomic mass is 32.2. The molecule has 122 valence electrons. The summed E-state index contributed by atoms with van der Waals surface area (Å²) >= 11 is 0. The molecule has 2 rings (SSSR count). The molecular formula is C15H23N3O3S. The fraction of sp³-hybridized carbons (Fsp3) is 0.533. The van der Waals surface area contributed by atoms with Gasteiger partial charge >= 0.3 is 0 Å². The summed E-state index contributed by atoms with van der Waals surface area (Å²) in [6.45, 7) is 7.00. The summed E-state index contributed by atoms with van der Waals surface area (Å²) in [7, 11) is -3.71. The number of carbonyl (C=O) groups excluding carboxylic acids is 1. The van der Waals surface area contributed by atoms with E-state index in [1.165, 1.54) is 6.07 Å². The molecule has 0 spiro atoms. The van der Waals surface area contributed by atoms with E-state index >= 15 is 0 Å². The monoisotopic (exact) mass is 325 g/mol. The molecule has 0 aliphatic carbocycles. The molecule has 3 N–H and O–H groups in total. The first kappa shape index (κ1) is 16.9. The van der Waals surface area contributed by atoms with Crippen molar-refractivity contribution in [2.75, 3.05) is 18.0 Å².